The van der Waals surface area contributed by atoms with Gasteiger partial charge in [-0.1, -0.05) is 6.92 Å². The van der Waals surface area contributed by atoms with E-state index in [0.717, 1.165) is 24.9 Å². The minimum atomic E-state index is -4.35. The molecule has 6 heteroatoms. The number of hydrogen-bond acceptors (Lipinski definition) is 3. The second-order valence-electron chi connectivity index (χ2n) is 5.42. The number of fused-ring (bicyclic) bond motifs is 1. The Morgan fingerprint density at radius 3 is 2.47 bits per heavy atom. The molecule has 17 heavy (non-hydrogen) atoms. The Morgan fingerprint density at radius 2 is 2.00 bits per heavy atom. The summed E-state index contributed by atoms with van der Waals surface area (Å²) in [5.41, 5.74) is 0. The van der Waals surface area contributed by atoms with Crippen LogP contribution >= 0.6 is 7.82 Å². The van der Waals surface area contributed by atoms with Crippen molar-refractivity contribution in [1.29, 1.82) is 0 Å². The normalized spacial score (nSPS) is 32.2. The van der Waals surface area contributed by atoms with Gasteiger partial charge in [0.05, 0.1) is 6.10 Å². The van der Waals surface area contributed by atoms with Crippen LogP contribution in [0.5, 0.6) is 0 Å². The first kappa shape index (κ1) is 13.5. The number of phosphoric ester groups is 1. The van der Waals surface area contributed by atoms with Crippen molar-refractivity contribution in [3.63, 3.8) is 0 Å². The van der Waals surface area contributed by atoms with E-state index in [-0.39, 0.29) is 6.10 Å². The maximum atomic E-state index is 10.8. The largest absolute Gasteiger partial charge is 0.469 e. The van der Waals surface area contributed by atoms with Crippen molar-refractivity contribution in [2.75, 3.05) is 13.1 Å². The van der Waals surface area contributed by atoms with Crippen LogP contribution in [0.2, 0.25) is 0 Å². The SMILES string of the molecule is CCC(CC(C)N1CC2CC2C1)OP(=O)(O)O. The molecule has 100 valence electrons. The molecule has 0 aromatic rings. The van der Waals surface area contributed by atoms with Crippen LogP contribution in [0.15, 0.2) is 0 Å². The lowest BCUT2D eigenvalue weighted by molar-refractivity contribution is 0.0940. The van der Waals surface area contributed by atoms with Gasteiger partial charge in [0.15, 0.2) is 0 Å². The summed E-state index contributed by atoms with van der Waals surface area (Å²) in [6.07, 6.45) is 2.36. The minimum absolute atomic E-state index is 0.345. The lowest BCUT2D eigenvalue weighted by atomic mass is 10.1. The van der Waals surface area contributed by atoms with E-state index in [1.165, 1.54) is 6.42 Å². The number of nitrogens with zero attached hydrogens (tertiary/aromatic N) is 1. The number of phosphoric acid groups is 1. The van der Waals surface area contributed by atoms with Gasteiger partial charge < -0.3 is 9.79 Å². The standard InChI is InChI=1S/C11H22NO4P/c1-3-11(16-17(13,14)15)4-8(2)12-6-9-5-10(9)7-12/h8-11H,3-7H2,1-2H3,(H2,13,14,15). The topological polar surface area (TPSA) is 70.0 Å². The summed E-state index contributed by atoms with van der Waals surface area (Å²) in [6, 6.07) is 0.347. The molecule has 1 aliphatic carbocycles. The van der Waals surface area contributed by atoms with Crippen LogP contribution < -0.4 is 0 Å². The molecule has 2 rings (SSSR count). The molecular weight excluding hydrogens is 241 g/mol. The first-order chi connectivity index (χ1) is 7.89. The van der Waals surface area contributed by atoms with Gasteiger partial charge in [-0.3, -0.25) is 9.42 Å². The third-order valence-electron chi connectivity index (χ3n) is 3.98. The van der Waals surface area contributed by atoms with Gasteiger partial charge in [0, 0.05) is 19.1 Å². The van der Waals surface area contributed by atoms with Gasteiger partial charge in [-0.15, -0.1) is 0 Å². The molecule has 2 N–H and O–H groups in total. The van der Waals surface area contributed by atoms with E-state index in [9.17, 15) is 4.57 Å². The zero-order chi connectivity index (χ0) is 12.6. The first-order valence-electron chi connectivity index (χ1n) is 6.37. The molecule has 1 saturated heterocycles. The molecule has 0 spiro atoms. The van der Waals surface area contributed by atoms with Gasteiger partial charge in [0.1, 0.15) is 0 Å². The van der Waals surface area contributed by atoms with Gasteiger partial charge in [0.25, 0.3) is 0 Å². The van der Waals surface area contributed by atoms with Crippen LogP contribution in [0.25, 0.3) is 0 Å². The number of likely N-dealkylation sites (tertiary alicyclic amines) is 1. The maximum absolute atomic E-state index is 10.8. The van der Waals surface area contributed by atoms with E-state index < -0.39 is 7.82 Å². The van der Waals surface area contributed by atoms with Gasteiger partial charge in [-0.05, 0) is 38.0 Å². The fourth-order valence-corrected chi connectivity index (χ4v) is 3.43. The van der Waals surface area contributed by atoms with Crippen LogP contribution in [0.1, 0.15) is 33.1 Å². The smallest absolute Gasteiger partial charge is 0.303 e. The summed E-state index contributed by atoms with van der Waals surface area (Å²) in [5.74, 6) is 1.78. The van der Waals surface area contributed by atoms with Gasteiger partial charge in [0.2, 0.25) is 0 Å². The fraction of sp³-hybridized carbons (Fsp3) is 1.00. The average molecular weight is 263 g/mol. The van der Waals surface area contributed by atoms with Crippen molar-refractivity contribution in [2.24, 2.45) is 11.8 Å². The molecule has 2 fully saturated rings. The predicted molar refractivity (Wildman–Crippen MR) is 64.5 cm³/mol. The highest BCUT2D eigenvalue weighted by Gasteiger charge is 2.46. The molecule has 0 aromatic carbocycles. The second-order valence-corrected chi connectivity index (χ2v) is 6.61. The summed E-state index contributed by atoms with van der Waals surface area (Å²) in [4.78, 5) is 20.1. The Morgan fingerprint density at radius 1 is 1.41 bits per heavy atom. The molecular formula is C11H22NO4P. The van der Waals surface area contributed by atoms with Gasteiger partial charge in [-0.2, -0.15) is 0 Å². The maximum Gasteiger partial charge on any atom is 0.469 e. The van der Waals surface area contributed by atoms with Crippen LogP contribution in [-0.4, -0.2) is 39.9 Å². The van der Waals surface area contributed by atoms with Crippen molar-refractivity contribution < 1.29 is 18.9 Å². The van der Waals surface area contributed by atoms with E-state index in [4.69, 9.17) is 14.3 Å². The Labute approximate surface area is 102 Å². The fourth-order valence-electron chi connectivity index (χ4n) is 2.80. The van der Waals surface area contributed by atoms with Crippen molar-refractivity contribution in [3.05, 3.63) is 0 Å². The molecule has 1 saturated carbocycles. The molecule has 4 unspecified atom stereocenters. The van der Waals surface area contributed by atoms with Crippen molar-refractivity contribution in [2.45, 2.75) is 45.3 Å². The van der Waals surface area contributed by atoms with Crippen LogP contribution in [0.3, 0.4) is 0 Å². The Balaban J connectivity index is 1.79. The number of hydrogen-bond donors (Lipinski definition) is 2. The summed E-state index contributed by atoms with van der Waals surface area (Å²) in [6.45, 7) is 6.32. The van der Waals surface area contributed by atoms with Crippen molar-refractivity contribution in [1.82, 2.24) is 4.90 Å². The minimum Gasteiger partial charge on any atom is -0.303 e. The molecule has 4 atom stereocenters. The molecule has 2 aliphatic rings. The van der Waals surface area contributed by atoms with E-state index in [2.05, 4.69) is 11.8 Å². The zero-order valence-corrected chi connectivity index (χ0v) is 11.3. The third kappa shape index (κ3) is 3.76. The zero-order valence-electron chi connectivity index (χ0n) is 10.5. The number of piperidine rings is 1. The molecule has 5 nitrogen and oxygen atoms in total. The Bertz CT molecular complexity index is 309. The summed E-state index contributed by atoms with van der Waals surface area (Å²) in [7, 11) is -4.35. The monoisotopic (exact) mass is 263 g/mol. The van der Waals surface area contributed by atoms with Gasteiger partial charge in [-0.25, -0.2) is 4.57 Å². The predicted octanol–water partition coefficient (Wildman–Crippen LogP) is 1.60. The average Bonchev–Trinajstić information content (AvgIpc) is 2.82. The van der Waals surface area contributed by atoms with Crippen LogP contribution in [0.4, 0.5) is 0 Å². The van der Waals surface area contributed by atoms with E-state index in [1.54, 1.807) is 0 Å². The van der Waals surface area contributed by atoms with E-state index in [1.807, 2.05) is 6.92 Å². The van der Waals surface area contributed by atoms with Gasteiger partial charge >= 0.3 is 7.82 Å². The number of rotatable bonds is 6. The van der Waals surface area contributed by atoms with Crippen molar-refractivity contribution >= 4 is 7.82 Å². The highest BCUT2D eigenvalue weighted by Crippen LogP contribution is 2.46. The third-order valence-corrected chi connectivity index (χ3v) is 4.55. The highest BCUT2D eigenvalue weighted by molar-refractivity contribution is 7.46. The lowest BCUT2D eigenvalue weighted by Crippen LogP contribution is -2.35. The Kier molecular flexibility index (Phi) is 3.96. The first-order valence-corrected chi connectivity index (χ1v) is 7.90. The van der Waals surface area contributed by atoms with E-state index >= 15 is 0 Å². The van der Waals surface area contributed by atoms with Crippen LogP contribution in [-0.2, 0) is 9.09 Å². The molecule has 0 radical (unpaired) electrons. The highest BCUT2D eigenvalue weighted by atomic mass is 31.2. The van der Waals surface area contributed by atoms with Crippen LogP contribution in [0, 0.1) is 11.8 Å². The summed E-state index contributed by atoms with van der Waals surface area (Å²) >= 11 is 0. The van der Waals surface area contributed by atoms with Crippen molar-refractivity contribution in [3.8, 4) is 0 Å². The molecule has 1 aliphatic heterocycles. The molecule has 1 heterocycles. The quantitative estimate of drug-likeness (QED) is 0.712. The lowest BCUT2D eigenvalue weighted by Gasteiger charge is -2.28. The molecule has 0 bridgehead atoms. The van der Waals surface area contributed by atoms with E-state index in [0.29, 0.717) is 18.9 Å². The molecule has 0 amide bonds. The second kappa shape index (κ2) is 4.98. The molecule has 0 aromatic heterocycles. The Hall–Kier alpha value is 0.0700. The summed E-state index contributed by atoms with van der Waals surface area (Å²) < 4.78 is 15.6. The summed E-state index contributed by atoms with van der Waals surface area (Å²) in [5, 5.41) is 0.